The van der Waals surface area contributed by atoms with Crippen molar-refractivity contribution < 1.29 is 18.7 Å². The Hall–Kier alpha value is -3.00. The van der Waals surface area contributed by atoms with Gasteiger partial charge in [-0.1, -0.05) is 6.07 Å². The van der Waals surface area contributed by atoms with Crippen LogP contribution in [0, 0.1) is 5.82 Å². The SMILES string of the molecule is O=C1CC(C(=O)Nc2ccc(N3CCOCC3)cn2)c2ccc(F)cc2N1. The van der Waals surface area contributed by atoms with Crippen molar-refractivity contribution in [3.05, 3.63) is 47.9 Å². The molecule has 7 nitrogen and oxygen atoms in total. The molecule has 0 saturated carbocycles. The predicted molar refractivity (Wildman–Crippen MR) is 98.3 cm³/mol. The van der Waals surface area contributed by atoms with Crippen molar-refractivity contribution in [1.82, 2.24) is 4.98 Å². The molecule has 8 heteroatoms. The lowest BCUT2D eigenvalue weighted by atomic mass is 9.89. The zero-order chi connectivity index (χ0) is 18.8. The molecule has 3 heterocycles. The number of halogens is 1. The van der Waals surface area contributed by atoms with E-state index in [1.165, 1.54) is 18.2 Å². The number of hydrogen-bond acceptors (Lipinski definition) is 5. The van der Waals surface area contributed by atoms with Crippen LogP contribution in [0.1, 0.15) is 17.9 Å². The fraction of sp³-hybridized carbons (Fsp3) is 0.316. The summed E-state index contributed by atoms with van der Waals surface area (Å²) in [6.07, 6.45) is 1.72. The fourth-order valence-electron chi connectivity index (χ4n) is 3.35. The summed E-state index contributed by atoms with van der Waals surface area (Å²) < 4.78 is 18.7. The summed E-state index contributed by atoms with van der Waals surface area (Å²) in [7, 11) is 0. The topological polar surface area (TPSA) is 83.6 Å². The second-order valence-corrected chi connectivity index (χ2v) is 6.53. The van der Waals surface area contributed by atoms with Crippen molar-refractivity contribution >= 4 is 29.0 Å². The Morgan fingerprint density at radius 2 is 2.07 bits per heavy atom. The zero-order valence-corrected chi connectivity index (χ0v) is 14.6. The second kappa shape index (κ2) is 7.32. The van der Waals surface area contributed by atoms with E-state index in [0.29, 0.717) is 30.3 Å². The Kier molecular flexibility index (Phi) is 4.72. The molecule has 1 aromatic carbocycles. The number of carbonyl (C=O) groups excluding carboxylic acids is 2. The van der Waals surface area contributed by atoms with Crippen molar-refractivity contribution in [1.29, 1.82) is 0 Å². The number of carbonyl (C=O) groups is 2. The first-order valence-electron chi connectivity index (χ1n) is 8.79. The number of fused-ring (bicyclic) bond motifs is 1. The first kappa shape index (κ1) is 17.4. The minimum Gasteiger partial charge on any atom is -0.378 e. The van der Waals surface area contributed by atoms with Gasteiger partial charge >= 0.3 is 0 Å². The van der Waals surface area contributed by atoms with E-state index in [1.807, 2.05) is 6.07 Å². The van der Waals surface area contributed by atoms with Crippen LogP contribution in [0.4, 0.5) is 21.6 Å². The quantitative estimate of drug-likeness (QED) is 0.865. The van der Waals surface area contributed by atoms with Gasteiger partial charge in [0.25, 0.3) is 0 Å². The van der Waals surface area contributed by atoms with Gasteiger partial charge in [-0.25, -0.2) is 9.37 Å². The number of rotatable bonds is 3. The smallest absolute Gasteiger partial charge is 0.233 e. The van der Waals surface area contributed by atoms with Gasteiger partial charge in [-0.3, -0.25) is 9.59 Å². The molecule has 2 N–H and O–H groups in total. The van der Waals surface area contributed by atoms with E-state index in [0.717, 1.165) is 18.8 Å². The van der Waals surface area contributed by atoms with Crippen LogP contribution >= 0.6 is 0 Å². The normalized spacial score (nSPS) is 19.2. The fourth-order valence-corrected chi connectivity index (χ4v) is 3.35. The number of hydrogen-bond donors (Lipinski definition) is 2. The molecule has 1 fully saturated rings. The number of nitrogens with zero attached hydrogens (tertiary/aromatic N) is 2. The molecule has 4 rings (SSSR count). The Morgan fingerprint density at radius 1 is 1.26 bits per heavy atom. The van der Waals surface area contributed by atoms with Crippen molar-refractivity contribution in [3.63, 3.8) is 0 Å². The molecule has 0 bridgehead atoms. The van der Waals surface area contributed by atoms with Crippen LogP contribution in [0.3, 0.4) is 0 Å². The van der Waals surface area contributed by atoms with Gasteiger partial charge < -0.3 is 20.3 Å². The van der Waals surface area contributed by atoms with Crippen molar-refractivity contribution in [2.24, 2.45) is 0 Å². The van der Waals surface area contributed by atoms with Crippen molar-refractivity contribution in [3.8, 4) is 0 Å². The summed E-state index contributed by atoms with van der Waals surface area (Å²) in [5.41, 5.74) is 1.90. The molecular formula is C19H19FN4O3. The molecule has 2 aliphatic heterocycles. The first-order valence-corrected chi connectivity index (χ1v) is 8.79. The molecule has 27 heavy (non-hydrogen) atoms. The van der Waals surface area contributed by atoms with Gasteiger partial charge in [0.05, 0.1) is 31.0 Å². The number of pyridine rings is 1. The van der Waals surface area contributed by atoms with Gasteiger partial charge in [-0.2, -0.15) is 0 Å². The maximum absolute atomic E-state index is 13.4. The Balaban J connectivity index is 1.48. The van der Waals surface area contributed by atoms with E-state index in [-0.39, 0.29) is 18.2 Å². The third-order valence-electron chi connectivity index (χ3n) is 4.75. The molecule has 0 radical (unpaired) electrons. The zero-order valence-electron chi connectivity index (χ0n) is 14.6. The van der Waals surface area contributed by atoms with Crippen LogP contribution in [0.15, 0.2) is 36.5 Å². The monoisotopic (exact) mass is 370 g/mol. The lowest BCUT2D eigenvalue weighted by Gasteiger charge is -2.28. The van der Waals surface area contributed by atoms with Crippen LogP contribution in [-0.4, -0.2) is 43.1 Å². The van der Waals surface area contributed by atoms with Gasteiger partial charge in [0.15, 0.2) is 0 Å². The summed E-state index contributed by atoms with van der Waals surface area (Å²) >= 11 is 0. The van der Waals surface area contributed by atoms with E-state index in [4.69, 9.17) is 4.74 Å². The second-order valence-electron chi connectivity index (χ2n) is 6.53. The van der Waals surface area contributed by atoms with Crippen molar-refractivity contribution in [2.45, 2.75) is 12.3 Å². The molecule has 2 aliphatic rings. The molecule has 2 aromatic rings. The third-order valence-corrected chi connectivity index (χ3v) is 4.75. The summed E-state index contributed by atoms with van der Waals surface area (Å²) in [6, 6.07) is 7.67. The number of ether oxygens (including phenoxy) is 1. The van der Waals surface area contributed by atoms with E-state index in [9.17, 15) is 14.0 Å². The van der Waals surface area contributed by atoms with Gasteiger partial charge in [0.2, 0.25) is 11.8 Å². The highest BCUT2D eigenvalue weighted by molar-refractivity contribution is 6.04. The standard InChI is InChI=1S/C19H19FN4O3/c20-12-1-3-14-15(10-18(25)22-16(14)9-12)19(26)23-17-4-2-13(11-21-17)24-5-7-27-8-6-24/h1-4,9,11,15H,5-8,10H2,(H,22,25)(H,21,23,26). The summed E-state index contributed by atoms with van der Waals surface area (Å²) in [5, 5.41) is 5.35. The molecule has 1 unspecified atom stereocenters. The van der Waals surface area contributed by atoms with Crippen LogP contribution in [0.5, 0.6) is 0 Å². The molecule has 1 atom stereocenters. The Morgan fingerprint density at radius 3 is 2.81 bits per heavy atom. The van der Waals surface area contributed by atoms with E-state index in [1.54, 1.807) is 12.3 Å². The predicted octanol–water partition coefficient (Wildman–Crippen LogP) is 2.12. The van der Waals surface area contributed by atoms with E-state index in [2.05, 4.69) is 20.5 Å². The van der Waals surface area contributed by atoms with Crippen LogP contribution < -0.4 is 15.5 Å². The summed E-state index contributed by atoms with van der Waals surface area (Å²) in [6.45, 7) is 2.97. The van der Waals surface area contributed by atoms with Crippen LogP contribution in [-0.2, 0) is 14.3 Å². The average molecular weight is 370 g/mol. The van der Waals surface area contributed by atoms with Gasteiger partial charge in [0.1, 0.15) is 11.6 Å². The molecule has 0 spiro atoms. The van der Waals surface area contributed by atoms with Gasteiger partial charge in [-0.15, -0.1) is 0 Å². The molecular weight excluding hydrogens is 351 g/mol. The number of morpholine rings is 1. The molecule has 140 valence electrons. The number of amides is 2. The number of aromatic nitrogens is 1. The van der Waals surface area contributed by atoms with Gasteiger partial charge in [0, 0.05) is 25.2 Å². The highest BCUT2D eigenvalue weighted by atomic mass is 19.1. The van der Waals surface area contributed by atoms with Crippen molar-refractivity contribution in [2.75, 3.05) is 41.8 Å². The van der Waals surface area contributed by atoms with E-state index < -0.39 is 11.7 Å². The van der Waals surface area contributed by atoms with Crippen LogP contribution in [0.25, 0.3) is 0 Å². The number of nitrogens with one attached hydrogen (secondary N) is 2. The lowest BCUT2D eigenvalue weighted by molar-refractivity contribution is -0.123. The largest absolute Gasteiger partial charge is 0.378 e. The highest BCUT2D eigenvalue weighted by Gasteiger charge is 2.31. The summed E-state index contributed by atoms with van der Waals surface area (Å²) in [5.74, 6) is -1.40. The first-order chi connectivity index (χ1) is 13.1. The van der Waals surface area contributed by atoms with Crippen LogP contribution in [0.2, 0.25) is 0 Å². The number of benzene rings is 1. The molecule has 1 aromatic heterocycles. The molecule has 0 aliphatic carbocycles. The number of anilines is 3. The maximum Gasteiger partial charge on any atom is 0.233 e. The highest BCUT2D eigenvalue weighted by Crippen LogP contribution is 2.33. The minimum atomic E-state index is -0.685. The van der Waals surface area contributed by atoms with Gasteiger partial charge in [-0.05, 0) is 29.8 Å². The lowest BCUT2D eigenvalue weighted by Crippen LogP contribution is -2.36. The molecule has 2 amide bonds. The maximum atomic E-state index is 13.4. The minimum absolute atomic E-state index is 0.0102. The summed E-state index contributed by atoms with van der Waals surface area (Å²) in [4.78, 5) is 31.0. The average Bonchev–Trinajstić information content (AvgIpc) is 2.68. The Labute approximate surface area is 155 Å². The Bertz CT molecular complexity index is 866. The third kappa shape index (κ3) is 3.75. The van der Waals surface area contributed by atoms with E-state index >= 15 is 0 Å². The molecule has 1 saturated heterocycles.